The highest BCUT2D eigenvalue weighted by molar-refractivity contribution is 7.80. The maximum absolute atomic E-state index is 12.8. The first kappa shape index (κ1) is 22.3. The number of hydrogen-bond donors (Lipinski definition) is 2. The summed E-state index contributed by atoms with van der Waals surface area (Å²) in [4.78, 5) is 17.7. The van der Waals surface area contributed by atoms with Crippen molar-refractivity contribution in [1.29, 1.82) is 0 Å². The normalized spacial score (nSPS) is 15.9. The highest BCUT2D eigenvalue weighted by Gasteiger charge is 2.22. The Bertz CT molecular complexity index is 927. The van der Waals surface area contributed by atoms with Crippen molar-refractivity contribution in [1.82, 2.24) is 15.2 Å². The molecule has 2 aromatic rings. The number of hydrogen-bond acceptors (Lipinski definition) is 6. The van der Waals surface area contributed by atoms with Gasteiger partial charge in [0.2, 0.25) is 0 Å². The van der Waals surface area contributed by atoms with Crippen LogP contribution in [0.3, 0.4) is 0 Å². The van der Waals surface area contributed by atoms with Gasteiger partial charge in [-0.15, -0.1) is 0 Å². The Morgan fingerprint density at radius 2 is 2.03 bits per heavy atom. The van der Waals surface area contributed by atoms with Gasteiger partial charge in [0, 0.05) is 43.8 Å². The zero-order chi connectivity index (χ0) is 21.5. The van der Waals surface area contributed by atoms with Gasteiger partial charge in [-0.25, -0.2) is 0 Å². The molecule has 1 atom stereocenters. The zero-order valence-corrected chi connectivity index (χ0v) is 18.5. The van der Waals surface area contributed by atoms with E-state index in [0.29, 0.717) is 53.9 Å². The van der Waals surface area contributed by atoms with E-state index >= 15 is 0 Å². The molecule has 1 aliphatic rings. The predicted octanol–water partition coefficient (Wildman–Crippen LogP) is 2.05. The molecule has 9 heteroatoms. The molecule has 0 unspecified atom stereocenters. The Labute approximate surface area is 181 Å². The molecule has 8 nitrogen and oxygen atoms in total. The molecule has 30 heavy (non-hydrogen) atoms. The van der Waals surface area contributed by atoms with Crippen LogP contribution >= 0.6 is 12.2 Å². The third-order valence-corrected chi connectivity index (χ3v) is 5.51. The number of thiocarbonyl (C=S) groups is 1. The van der Waals surface area contributed by atoms with Crippen molar-refractivity contribution in [3.63, 3.8) is 0 Å². The molecule has 0 saturated carbocycles. The second-order valence-electron chi connectivity index (χ2n) is 7.16. The van der Waals surface area contributed by atoms with E-state index in [1.54, 1.807) is 27.4 Å². The second-order valence-corrected chi connectivity index (χ2v) is 7.55. The number of aromatic nitrogens is 1. The number of pyridine rings is 1. The number of benzene rings is 1. The fourth-order valence-corrected chi connectivity index (χ4v) is 3.77. The average Bonchev–Trinajstić information content (AvgIpc) is 3.26. The summed E-state index contributed by atoms with van der Waals surface area (Å²) in [5, 5.41) is 4.63. The predicted molar refractivity (Wildman–Crippen MR) is 120 cm³/mol. The molecule has 3 rings (SSSR count). The van der Waals surface area contributed by atoms with Gasteiger partial charge < -0.3 is 34.1 Å². The van der Waals surface area contributed by atoms with Gasteiger partial charge in [0.25, 0.3) is 5.56 Å². The topological polar surface area (TPSA) is 85.1 Å². The van der Waals surface area contributed by atoms with Gasteiger partial charge in [0.05, 0.1) is 39.0 Å². The number of ether oxygens (including phenoxy) is 4. The lowest BCUT2D eigenvalue weighted by molar-refractivity contribution is 0.0895. The fraction of sp³-hybridized carbons (Fsp3) is 0.524. The highest BCUT2D eigenvalue weighted by atomic mass is 32.1. The van der Waals surface area contributed by atoms with E-state index in [-0.39, 0.29) is 11.7 Å². The molecule has 1 aliphatic heterocycles. The van der Waals surface area contributed by atoms with Crippen molar-refractivity contribution in [2.45, 2.75) is 25.5 Å². The number of nitrogens with zero attached hydrogens (tertiary/aromatic N) is 1. The molecule has 1 aromatic carbocycles. The van der Waals surface area contributed by atoms with E-state index in [1.807, 2.05) is 17.0 Å². The number of methoxy groups -OCH3 is 3. The van der Waals surface area contributed by atoms with Crippen molar-refractivity contribution in [2.75, 3.05) is 47.6 Å². The van der Waals surface area contributed by atoms with E-state index in [4.69, 9.17) is 31.2 Å². The van der Waals surface area contributed by atoms with Gasteiger partial charge >= 0.3 is 0 Å². The summed E-state index contributed by atoms with van der Waals surface area (Å²) in [5.74, 6) is 1.17. The van der Waals surface area contributed by atoms with E-state index < -0.39 is 0 Å². The first-order chi connectivity index (χ1) is 14.5. The number of H-pyrrole nitrogens is 1. The van der Waals surface area contributed by atoms with Crippen LogP contribution in [0.25, 0.3) is 10.9 Å². The minimum absolute atomic E-state index is 0.107. The maximum Gasteiger partial charge on any atom is 0.253 e. The summed E-state index contributed by atoms with van der Waals surface area (Å²) < 4.78 is 21.6. The minimum Gasteiger partial charge on any atom is -0.493 e. The van der Waals surface area contributed by atoms with E-state index in [1.165, 1.54) is 0 Å². The minimum atomic E-state index is -0.160. The maximum atomic E-state index is 12.8. The van der Waals surface area contributed by atoms with E-state index in [9.17, 15) is 4.79 Å². The third kappa shape index (κ3) is 5.41. The molecule has 1 saturated heterocycles. The van der Waals surface area contributed by atoms with Crippen LogP contribution < -0.4 is 20.3 Å². The fourth-order valence-electron chi connectivity index (χ4n) is 3.53. The summed E-state index contributed by atoms with van der Waals surface area (Å²) in [6.45, 7) is 2.91. The van der Waals surface area contributed by atoms with Gasteiger partial charge in [0.1, 0.15) is 0 Å². The molecule has 0 spiro atoms. The van der Waals surface area contributed by atoms with Crippen LogP contribution in [0, 0.1) is 0 Å². The Balaban J connectivity index is 1.86. The molecule has 2 N–H and O–H groups in total. The van der Waals surface area contributed by atoms with Gasteiger partial charge in [0.15, 0.2) is 16.6 Å². The summed E-state index contributed by atoms with van der Waals surface area (Å²) in [5.41, 5.74) is 1.14. The summed E-state index contributed by atoms with van der Waals surface area (Å²) >= 11 is 5.59. The zero-order valence-electron chi connectivity index (χ0n) is 17.7. The summed E-state index contributed by atoms with van der Waals surface area (Å²) in [6, 6.07) is 5.49. The van der Waals surface area contributed by atoms with Crippen molar-refractivity contribution < 1.29 is 18.9 Å². The van der Waals surface area contributed by atoms with Gasteiger partial charge in [-0.2, -0.15) is 0 Å². The Morgan fingerprint density at radius 1 is 1.27 bits per heavy atom. The van der Waals surface area contributed by atoms with Crippen LogP contribution in [0.4, 0.5) is 0 Å². The number of aromatic amines is 1. The van der Waals surface area contributed by atoms with Crippen LogP contribution in [-0.4, -0.2) is 68.7 Å². The van der Waals surface area contributed by atoms with Crippen molar-refractivity contribution in [2.24, 2.45) is 0 Å². The molecule has 164 valence electrons. The number of fused-ring (bicyclic) bond motifs is 1. The van der Waals surface area contributed by atoms with Crippen LogP contribution in [0.5, 0.6) is 11.5 Å². The summed E-state index contributed by atoms with van der Waals surface area (Å²) in [7, 11) is 4.80. The third-order valence-electron chi connectivity index (χ3n) is 5.10. The lowest BCUT2D eigenvalue weighted by atomic mass is 10.1. The van der Waals surface area contributed by atoms with Gasteiger partial charge in [-0.1, -0.05) is 0 Å². The van der Waals surface area contributed by atoms with Crippen LogP contribution in [-0.2, 0) is 16.0 Å². The molecule has 2 heterocycles. The lowest BCUT2D eigenvalue weighted by Gasteiger charge is -2.28. The standard InChI is InChI=1S/C21H29N3O5S/c1-26-8-6-22-21(30)24(13-16-5-4-7-29-16)12-15-9-14-10-18(27-2)19(28-3)11-17(14)23-20(15)25/h9-11,16H,4-8,12-13H2,1-3H3,(H,22,30)(H,23,25)/t16-/m0/s1. The van der Waals surface area contributed by atoms with Crippen LogP contribution in [0.1, 0.15) is 18.4 Å². The molecule has 1 aromatic heterocycles. The second kappa shape index (κ2) is 10.6. The highest BCUT2D eigenvalue weighted by Crippen LogP contribution is 2.31. The molecule has 0 bridgehead atoms. The summed E-state index contributed by atoms with van der Waals surface area (Å²) in [6.07, 6.45) is 2.14. The molecule has 0 radical (unpaired) electrons. The van der Waals surface area contributed by atoms with E-state index in [2.05, 4.69) is 10.3 Å². The Hall–Kier alpha value is -2.36. The largest absolute Gasteiger partial charge is 0.493 e. The van der Waals surface area contributed by atoms with Crippen molar-refractivity contribution >= 4 is 28.2 Å². The van der Waals surface area contributed by atoms with E-state index in [0.717, 1.165) is 24.8 Å². The quantitative estimate of drug-likeness (QED) is 0.457. The first-order valence-electron chi connectivity index (χ1n) is 9.97. The van der Waals surface area contributed by atoms with Crippen LogP contribution in [0.2, 0.25) is 0 Å². The molecule has 0 aliphatic carbocycles. The lowest BCUT2D eigenvalue weighted by Crippen LogP contribution is -2.44. The first-order valence-corrected chi connectivity index (χ1v) is 10.4. The number of nitrogens with one attached hydrogen (secondary N) is 2. The van der Waals surface area contributed by atoms with Gasteiger partial charge in [-0.3, -0.25) is 4.79 Å². The molecule has 1 fully saturated rings. The van der Waals surface area contributed by atoms with Gasteiger partial charge in [-0.05, 0) is 37.2 Å². The Kier molecular flexibility index (Phi) is 7.89. The SMILES string of the molecule is COCCNC(=S)N(Cc1cc2cc(OC)c(OC)cc2[nH]c1=O)C[C@@H]1CCCO1. The van der Waals surface area contributed by atoms with Crippen molar-refractivity contribution in [3.8, 4) is 11.5 Å². The van der Waals surface area contributed by atoms with Crippen LogP contribution in [0.15, 0.2) is 23.0 Å². The monoisotopic (exact) mass is 435 g/mol. The molecular weight excluding hydrogens is 406 g/mol. The Morgan fingerprint density at radius 3 is 2.70 bits per heavy atom. The molecule has 0 amide bonds. The smallest absolute Gasteiger partial charge is 0.253 e. The molecular formula is C21H29N3O5S. The van der Waals surface area contributed by atoms with Crippen molar-refractivity contribution in [3.05, 3.63) is 34.1 Å². The average molecular weight is 436 g/mol. The number of rotatable bonds is 9.